The lowest BCUT2D eigenvalue weighted by Gasteiger charge is -2.32. The summed E-state index contributed by atoms with van der Waals surface area (Å²) in [5.41, 5.74) is 4.92. The van der Waals surface area contributed by atoms with E-state index in [9.17, 15) is 4.79 Å². The summed E-state index contributed by atoms with van der Waals surface area (Å²) < 4.78 is 10.6. The zero-order valence-corrected chi connectivity index (χ0v) is 24.7. The molecule has 2 saturated heterocycles. The SMILES string of the molecule is COc1ccc(C2CCN(Cc3ccc4cc(NC(=O)N5CCC(c6ccc(OC)cc6)CC5)ccc4c3)CC2)cc1. The number of benzene rings is 4. The third-order valence-electron chi connectivity index (χ3n) is 9.11. The number of rotatable bonds is 7. The molecule has 0 aromatic heterocycles. The van der Waals surface area contributed by atoms with Gasteiger partial charge in [0.1, 0.15) is 11.5 Å². The van der Waals surface area contributed by atoms with Crippen LogP contribution in [-0.4, -0.2) is 56.2 Å². The van der Waals surface area contributed by atoms with Crippen LogP contribution >= 0.6 is 0 Å². The van der Waals surface area contributed by atoms with E-state index in [1.807, 2.05) is 23.1 Å². The van der Waals surface area contributed by atoms with Crippen LogP contribution in [0.4, 0.5) is 10.5 Å². The number of fused-ring (bicyclic) bond motifs is 1. The predicted molar refractivity (Wildman–Crippen MR) is 170 cm³/mol. The minimum absolute atomic E-state index is 0.0165. The Balaban J connectivity index is 0.997. The van der Waals surface area contributed by atoms with E-state index < -0.39 is 0 Å². The lowest BCUT2D eigenvalue weighted by molar-refractivity contribution is 0.194. The van der Waals surface area contributed by atoms with Crippen LogP contribution in [0, 0.1) is 0 Å². The van der Waals surface area contributed by atoms with Gasteiger partial charge in [0, 0.05) is 25.3 Å². The molecule has 2 heterocycles. The van der Waals surface area contributed by atoms with E-state index in [4.69, 9.17) is 9.47 Å². The number of nitrogens with zero attached hydrogens (tertiary/aromatic N) is 2. The van der Waals surface area contributed by atoms with Gasteiger partial charge in [-0.1, -0.05) is 42.5 Å². The van der Waals surface area contributed by atoms with Crippen LogP contribution in [0.5, 0.6) is 11.5 Å². The Hall–Kier alpha value is -4.03. The average molecular weight is 564 g/mol. The van der Waals surface area contributed by atoms with Crippen molar-refractivity contribution in [3.8, 4) is 11.5 Å². The normalized spacial score (nSPS) is 16.9. The Bertz CT molecular complexity index is 1490. The minimum atomic E-state index is -0.0165. The molecule has 2 fully saturated rings. The van der Waals surface area contributed by atoms with Gasteiger partial charge < -0.3 is 19.7 Å². The van der Waals surface area contributed by atoms with Gasteiger partial charge >= 0.3 is 6.03 Å². The lowest BCUT2D eigenvalue weighted by atomic mass is 9.89. The fraction of sp³-hybridized carbons (Fsp3) is 0.361. The molecule has 0 unspecified atom stereocenters. The third-order valence-corrected chi connectivity index (χ3v) is 9.11. The molecule has 4 aromatic rings. The molecule has 0 saturated carbocycles. The highest BCUT2D eigenvalue weighted by atomic mass is 16.5. The van der Waals surface area contributed by atoms with Crippen LogP contribution in [-0.2, 0) is 6.54 Å². The molecular formula is C36H41N3O3. The van der Waals surface area contributed by atoms with Crippen molar-refractivity contribution < 1.29 is 14.3 Å². The van der Waals surface area contributed by atoms with Crippen LogP contribution in [0.15, 0.2) is 84.9 Å². The highest BCUT2D eigenvalue weighted by Crippen LogP contribution is 2.31. The number of urea groups is 1. The number of hydrogen-bond acceptors (Lipinski definition) is 4. The van der Waals surface area contributed by atoms with Gasteiger partial charge in [0.2, 0.25) is 0 Å². The molecule has 2 amide bonds. The number of nitrogens with one attached hydrogen (secondary N) is 1. The van der Waals surface area contributed by atoms with Gasteiger partial charge in [-0.2, -0.15) is 0 Å². The smallest absolute Gasteiger partial charge is 0.321 e. The number of likely N-dealkylation sites (tertiary alicyclic amines) is 2. The second-order valence-electron chi connectivity index (χ2n) is 11.7. The molecule has 0 bridgehead atoms. The lowest BCUT2D eigenvalue weighted by Crippen LogP contribution is -2.40. The van der Waals surface area contributed by atoms with Gasteiger partial charge in [-0.05, 0) is 121 Å². The van der Waals surface area contributed by atoms with Gasteiger partial charge in [0.25, 0.3) is 0 Å². The largest absolute Gasteiger partial charge is 0.497 e. The monoisotopic (exact) mass is 563 g/mol. The molecule has 42 heavy (non-hydrogen) atoms. The van der Waals surface area contributed by atoms with Crippen molar-refractivity contribution in [2.24, 2.45) is 0 Å². The molecule has 0 spiro atoms. The maximum absolute atomic E-state index is 13.0. The number of carbonyl (C=O) groups is 1. The van der Waals surface area contributed by atoms with E-state index in [0.717, 1.165) is 68.1 Å². The highest BCUT2D eigenvalue weighted by molar-refractivity contribution is 5.93. The number of methoxy groups -OCH3 is 2. The average Bonchev–Trinajstić information content (AvgIpc) is 3.05. The van der Waals surface area contributed by atoms with E-state index in [0.29, 0.717) is 11.8 Å². The third kappa shape index (κ3) is 6.55. The van der Waals surface area contributed by atoms with E-state index in [1.165, 1.54) is 34.9 Å². The molecule has 0 atom stereocenters. The molecule has 4 aromatic carbocycles. The first kappa shape index (κ1) is 28.1. The van der Waals surface area contributed by atoms with Crippen LogP contribution in [0.1, 0.15) is 54.2 Å². The van der Waals surface area contributed by atoms with E-state index in [2.05, 4.69) is 76.9 Å². The number of carbonyl (C=O) groups excluding carboxylic acids is 1. The van der Waals surface area contributed by atoms with Crippen LogP contribution in [0.25, 0.3) is 10.8 Å². The maximum atomic E-state index is 13.0. The summed E-state index contributed by atoms with van der Waals surface area (Å²) in [6.07, 6.45) is 4.31. The second kappa shape index (κ2) is 12.9. The molecule has 6 nitrogen and oxygen atoms in total. The molecule has 2 aliphatic heterocycles. The van der Waals surface area contributed by atoms with Crippen molar-refractivity contribution in [1.29, 1.82) is 0 Å². The van der Waals surface area contributed by atoms with Crippen molar-refractivity contribution in [2.75, 3.05) is 45.7 Å². The Kier molecular flexibility index (Phi) is 8.61. The van der Waals surface area contributed by atoms with Crippen LogP contribution in [0.3, 0.4) is 0 Å². The standard InChI is InChI=1S/C36H41N3O3/c1-41-34-11-6-27(7-12-34)29-15-19-38(20-16-29)25-26-3-4-32-24-33(10-5-31(32)23-26)37-36(40)39-21-17-30(18-22-39)28-8-13-35(42-2)14-9-28/h3-14,23-24,29-30H,15-22,25H2,1-2H3,(H,37,40). The molecular weight excluding hydrogens is 522 g/mol. The van der Waals surface area contributed by atoms with Crippen molar-refractivity contribution in [1.82, 2.24) is 9.80 Å². The predicted octanol–water partition coefficient (Wildman–Crippen LogP) is 7.65. The summed E-state index contributed by atoms with van der Waals surface area (Å²) in [6, 6.07) is 29.8. The summed E-state index contributed by atoms with van der Waals surface area (Å²) in [6.45, 7) is 4.71. The van der Waals surface area contributed by atoms with E-state index in [-0.39, 0.29) is 6.03 Å². The molecule has 218 valence electrons. The van der Waals surface area contributed by atoms with Crippen molar-refractivity contribution in [3.05, 3.63) is 102 Å². The quantitative estimate of drug-likeness (QED) is 0.251. The summed E-state index contributed by atoms with van der Waals surface area (Å²) in [4.78, 5) is 17.5. The van der Waals surface area contributed by atoms with Crippen molar-refractivity contribution in [3.63, 3.8) is 0 Å². The Labute approximate surface area is 249 Å². The first-order valence-electron chi connectivity index (χ1n) is 15.2. The van der Waals surface area contributed by atoms with Gasteiger partial charge in [-0.3, -0.25) is 4.90 Å². The van der Waals surface area contributed by atoms with Gasteiger partial charge in [-0.25, -0.2) is 4.79 Å². The van der Waals surface area contributed by atoms with Crippen LogP contribution in [0.2, 0.25) is 0 Å². The Morgan fingerprint density at radius 3 is 1.79 bits per heavy atom. The Morgan fingerprint density at radius 1 is 0.690 bits per heavy atom. The molecule has 2 aliphatic rings. The maximum Gasteiger partial charge on any atom is 0.321 e. The molecule has 1 N–H and O–H groups in total. The van der Waals surface area contributed by atoms with Gasteiger partial charge in [0.05, 0.1) is 14.2 Å². The van der Waals surface area contributed by atoms with Crippen molar-refractivity contribution in [2.45, 2.75) is 44.1 Å². The van der Waals surface area contributed by atoms with Crippen molar-refractivity contribution >= 4 is 22.5 Å². The molecule has 6 heteroatoms. The summed E-state index contributed by atoms with van der Waals surface area (Å²) in [5, 5.41) is 5.49. The fourth-order valence-electron chi connectivity index (χ4n) is 6.52. The highest BCUT2D eigenvalue weighted by Gasteiger charge is 2.24. The Morgan fingerprint density at radius 2 is 1.21 bits per heavy atom. The van der Waals surface area contributed by atoms with E-state index in [1.54, 1.807) is 14.2 Å². The van der Waals surface area contributed by atoms with Crippen LogP contribution < -0.4 is 14.8 Å². The first-order valence-corrected chi connectivity index (χ1v) is 15.2. The molecule has 0 radical (unpaired) electrons. The number of piperidine rings is 2. The number of hydrogen-bond donors (Lipinski definition) is 1. The number of anilines is 1. The number of ether oxygens (including phenoxy) is 2. The van der Waals surface area contributed by atoms with Gasteiger partial charge in [-0.15, -0.1) is 0 Å². The summed E-state index contributed by atoms with van der Waals surface area (Å²) in [5.74, 6) is 2.90. The first-order chi connectivity index (χ1) is 20.6. The van der Waals surface area contributed by atoms with E-state index >= 15 is 0 Å². The molecule has 6 rings (SSSR count). The second-order valence-corrected chi connectivity index (χ2v) is 11.7. The topological polar surface area (TPSA) is 54.0 Å². The summed E-state index contributed by atoms with van der Waals surface area (Å²) in [7, 11) is 3.40. The minimum Gasteiger partial charge on any atom is -0.497 e. The van der Waals surface area contributed by atoms with Gasteiger partial charge in [0.15, 0.2) is 0 Å². The number of amides is 2. The summed E-state index contributed by atoms with van der Waals surface area (Å²) >= 11 is 0. The molecule has 0 aliphatic carbocycles. The zero-order valence-electron chi connectivity index (χ0n) is 24.7. The zero-order chi connectivity index (χ0) is 28.9. The fourth-order valence-corrected chi connectivity index (χ4v) is 6.52.